The maximum atomic E-state index is 9.57. The van der Waals surface area contributed by atoms with Crippen LogP contribution in [0.2, 0.25) is 0 Å². The van der Waals surface area contributed by atoms with E-state index in [1.54, 1.807) is 10.7 Å². The highest BCUT2D eigenvalue weighted by Crippen LogP contribution is 2.27. The summed E-state index contributed by atoms with van der Waals surface area (Å²) in [5, 5.41) is 17.3. The van der Waals surface area contributed by atoms with E-state index in [0.717, 1.165) is 11.3 Å². The number of rotatable bonds is 4. The van der Waals surface area contributed by atoms with Crippen molar-refractivity contribution in [2.45, 2.75) is 13.5 Å². The molecule has 4 rings (SSSR count). The van der Waals surface area contributed by atoms with Gasteiger partial charge in [-0.1, -0.05) is 30.3 Å². The number of nitriles is 1. The Morgan fingerprint density at radius 1 is 1.16 bits per heavy atom. The van der Waals surface area contributed by atoms with Crippen LogP contribution >= 0.6 is 0 Å². The molecule has 0 aliphatic carbocycles. The predicted molar refractivity (Wildman–Crippen MR) is 93.9 cm³/mol. The van der Waals surface area contributed by atoms with Crippen LogP contribution in [-0.2, 0) is 6.54 Å². The van der Waals surface area contributed by atoms with Gasteiger partial charge in [-0.25, -0.2) is 9.50 Å². The summed E-state index contributed by atoms with van der Waals surface area (Å²) in [6, 6.07) is 17.8. The van der Waals surface area contributed by atoms with E-state index in [-0.39, 0.29) is 0 Å². The molecule has 122 valence electrons. The van der Waals surface area contributed by atoms with E-state index in [4.69, 9.17) is 4.42 Å². The van der Waals surface area contributed by atoms with Crippen LogP contribution in [0.5, 0.6) is 0 Å². The molecule has 0 bridgehead atoms. The highest BCUT2D eigenvalue weighted by Gasteiger charge is 2.18. The topological polar surface area (TPSA) is 79.1 Å². The van der Waals surface area contributed by atoms with Gasteiger partial charge in [0.2, 0.25) is 0 Å². The van der Waals surface area contributed by atoms with Gasteiger partial charge in [0.15, 0.2) is 11.4 Å². The first-order valence-electron chi connectivity index (χ1n) is 7.88. The molecule has 0 radical (unpaired) electrons. The van der Waals surface area contributed by atoms with Gasteiger partial charge in [-0.05, 0) is 30.7 Å². The SMILES string of the molecule is Cc1ccc(-c2nn3ccc(NCc4ccccc4)nc3c2C#N)o1. The fourth-order valence-electron chi connectivity index (χ4n) is 2.65. The third kappa shape index (κ3) is 2.83. The molecule has 0 aliphatic rings. The van der Waals surface area contributed by atoms with Crippen LogP contribution in [-0.4, -0.2) is 14.6 Å². The van der Waals surface area contributed by atoms with E-state index in [0.29, 0.717) is 35.0 Å². The monoisotopic (exact) mass is 329 g/mol. The van der Waals surface area contributed by atoms with Crippen LogP contribution < -0.4 is 5.32 Å². The highest BCUT2D eigenvalue weighted by atomic mass is 16.3. The molecule has 25 heavy (non-hydrogen) atoms. The van der Waals surface area contributed by atoms with E-state index in [9.17, 15) is 5.26 Å². The fraction of sp³-hybridized carbons (Fsp3) is 0.105. The van der Waals surface area contributed by atoms with Crippen molar-refractivity contribution in [2.75, 3.05) is 5.32 Å². The summed E-state index contributed by atoms with van der Waals surface area (Å²) in [7, 11) is 0. The molecule has 0 amide bonds. The van der Waals surface area contributed by atoms with Crippen molar-refractivity contribution in [3.63, 3.8) is 0 Å². The number of hydrogen-bond donors (Lipinski definition) is 1. The molecule has 1 aromatic carbocycles. The van der Waals surface area contributed by atoms with E-state index >= 15 is 0 Å². The standard InChI is InChI=1S/C19H15N5O/c1-13-7-8-16(25-13)18-15(11-20)19-22-17(9-10-24(19)23-18)21-12-14-5-3-2-4-6-14/h2-10H,12H2,1H3,(H,21,22). The molecule has 4 aromatic rings. The first-order chi connectivity index (χ1) is 12.2. The second kappa shape index (κ2) is 6.13. The summed E-state index contributed by atoms with van der Waals surface area (Å²) in [6.07, 6.45) is 1.79. The summed E-state index contributed by atoms with van der Waals surface area (Å²) in [6.45, 7) is 2.51. The van der Waals surface area contributed by atoms with Crippen LogP contribution in [0, 0.1) is 18.3 Å². The van der Waals surface area contributed by atoms with E-state index in [1.807, 2.05) is 55.5 Å². The lowest BCUT2D eigenvalue weighted by Gasteiger charge is -2.05. The Balaban J connectivity index is 1.69. The molecule has 3 aromatic heterocycles. The van der Waals surface area contributed by atoms with Crippen molar-refractivity contribution in [2.24, 2.45) is 0 Å². The minimum atomic E-state index is 0.401. The zero-order valence-corrected chi connectivity index (χ0v) is 13.6. The minimum absolute atomic E-state index is 0.401. The Morgan fingerprint density at radius 3 is 2.72 bits per heavy atom. The second-order valence-electron chi connectivity index (χ2n) is 5.67. The number of nitrogens with one attached hydrogen (secondary N) is 1. The summed E-state index contributed by atoms with van der Waals surface area (Å²) in [5.74, 6) is 2.03. The molecule has 0 saturated heterocycles. The van der Waals surface area contributed by atoms with E-state index < -0.39 is 0 Å². The Hall–Kier alpha value is -3.59. The number of furan rings is 1. The van der Waals surface area contributed by atoms with Crippen molar-refractivity contribution in [3.8, 4) is 17.5 Å². The van der Waals surface area contributed by atoms with E-state index in [1.165, 1.54) is 0 Å². The quantitative estimate of drug-likeness (QED) is 0.616. The molecule has 0 atom stereocenters. The molecule has 0 unspecified atom stereocenters. The maximum absolute atomic E-state index is 9.57. The van der Waals surface area contributed by atoms with Crippen LogP contribution in [0.3, 0.4) is 0 Å². The van der Waals surface area contributed by atoms with Gasteiger partial charge in [0.25, 0.3) is 0 Å². The molecular formula is C19H15N5O. The van der Waals surface area contributed by atoms with Gasteiger partial charge in [-0.3, -0.25) is 0 Å². The third-order valence-electron chi connectivity index (χ3n) is 3.89. The number of fused-ring (bicyclic) bond motifs is 1. The van der Waals surface area contributed by atoms with Gasteiger partial charge >= 0.3 is 0 Å². The smallest absolute Gasteiger partial charge is 0.175 e. The van der Waals surface area contributed by atoms with Crippen molar-refractivity contribution >= 4 is 11.5 Å². The molecule has 6 nitrogen and oxygen atoms in total. The molecular weight excluding hydrogens is 314 g/mol. The van der Waals surface area contributed by atoms with Crippen molar-refractivity contribution in [3.05, 3.63) is 71.6 Å². The Morgan fingerprint density at radius 2 is 2.00 bits per heavy atom. The van der Waals surface area contributed by atoms with Crippen LogP contribution in [0.15, 0.2) is 59.1 Å². The number of benzene rings is 1. The lowest BCUT2D eigenvalue weighted by Crippen LogP contribution is -2.02. The molecule has 0 aliphatic heterocycles. The number of aromatic nitrogens is 3. The molecule has 0 fully saturated rings. The molecule has 0 spiro atoms. The van der Waals surface area contributed by atoms with Gasteiger partial charge < -0.3 is 9.73 Å². The first-order valence-corrected chi connectivity index (χ1v) is 7.88. The van der Waals surface area contributed by atoms with Crippen molar-refractivity contribution in [1.82, 2.24) is 14.6 Å². The average Bonchev–Trinajstić information content (AvgIpc) is 3.23. The molecule has 3 heterocycles. The van der Waals surface area contributed by atoms with Crippen LogP contribution in [0.4, 0.5) is 5.82 Å². The number of nitrogens with zero attached hydrogens (tertiary/aromatic N) is 4. The molecule has 6 heteroatoms. The highest BCUT2D eigenvalue weighted by molar-refractivity contribution is 5.73. The number of hydrogen-bond acceptors (Lipinski definition) is 5. The number of anilines is 1. The Kier molecular flexibility index (Phi) is 3.67. The summed E-state index contributed by atoms with van der Waals surface area (Å²) < 4.78 is 7.20. The normalized spacial score (nSPS) is 10.7. The maximum Gasteiger partial charge on any atom is 0.175 e. The largest absolute Gasteiger partial charge is 0.460 e. The Bertz CT molecular complexity index is 1070. The first kappa shape index (κ1) is 15.0. The third-order valence-corrected chi connectivity index (χ3v) is 3.89. The Labute approximate surface area is 144 Å². The van der Waals surface area contributed by atoms with Crippen LogP contribution in [0.25, 0.3) is 17.1 Å². The zero-order chi connectivity index (χ0) is 17.2. The van der Waals surface area contributed by atoms with Crippen molar-refractivity contribution < 1.29 is 4.42 Å². The van der Waals surface area contributed by atoms with Crippen LogP contribution in [0.1, 0.15) is 16.9 Å². The predicted octanol–water partition coefficient (Wildman–Crippen LogP) is 3.78. The fourth-order valence-corrected chi connectivity index (χ4v) is 2.65. The average molecular weight is 329 g/mol. The number of aryl methyl sites for hydroxylation is 1. The lowest BCUT2D eigenvalue weighted by molar-refractivity contribution is 0.545. The summed E-state index contributed by atoms with van der Waals surface area (Å²) in [4.78, 5) is 4.54. The molecule has 0 saturated carbocycles. The second-order valence-corrected chi connectivity index (χ2v) is 5.67. The van der Waals surface area contributed by atoms with Gasteiger partial charge in [-0.15, -0.1) is 0 Å². The molecule has 1 N–H and O–H groups in total. The van der Waals surface area contributed by atoms with Crippen molar-refractivity contribution in [1.29, 1.82) is 5.26 Å². The van der Waals surface area contributed by atoms with Gasteiger partial charge in [-0.2, -0.15) is 10.4 Å². The van der Waals surface area contributed by atoms with E-state index in [2.05, 4.69) is 21.5 Å². The van der Waals surface area contributed by atoms with Gasteiger partial charge in [0.05, 0.1) is 0 Å². The van der Waals surface area contributed by atoms with Gasteiger partial charge in [0.1, 0.15) is 28.9 Å². The zero-order valence-electron chi connectivity index (χ0n) is 13.6. The summed E-state index contributed by atoms with van der Waals surface area (Å²) >= 11 is 0. The van der Waals surface area contributed by atoms with Gasteiger partial charge in [0, 0.05) is 12.7 Å². The minimum Gasteiger partial charge on any atom is -0.460 e. The summed E-state index contributed by atoms with van der Waals surface area (Å²) in [5.41, 5.74) is 2.57. The lowest BCUT2D eigenvalue weighted by atomic mass is 10.2.